The predicted octanol–water partition coefficient (Wildman–Crippen LogP) is 3.74. The molecular weight excluding hydrogens is 297 g/mol. The monoisotopic (exact) mass is 311 g/mol. The molecule has 0 bridgehead atoms. The summed E-state index contributed by atoms with van der Waals surface area (Å²) >= 11 is 0. The number of halogens is 1. The van der Waals surface area contributed by atoms with Crippen LogP contribution >= 0.6 is 0 Å². The largest absolute Gasteiger partial charge is 0.494 e. The summed E-state index contributed by atoms with van der Waals surface area (Å²) in [6.07, 6.45) is 0. The Kier molecular flexibility index (Phi) is 4.19. The van der Waals surface area contributed by atoms with Gasteiger partial charge in [0.1, 0.15) is 12.3 Å². The number of benzene rings is 2. The van der Waals surface area contributed by atoms with Crippen molar-refractivity contribution >= 4 is 16.9 Å². The molecule has 0 N–H and O–H groups in total. The van der Waals surface area contributed by atoms with Crippen LogP contribution in [0.1, 0.15) is 16.1 Å². The molecule has 0 aliphatic carbocycles. The third-order valence-electron chi connectivity index (χ3n) is 3.39. The van der Waals surface area contributed by atoms with Crippen LogP contribution in [-0.4, -0.2) is 18.1 Å². The minimum absolute atomic E-state index is 0.0335. The van der Waals surface area contributed by atoms with E-state index in [2.05, 4.69) is 4.98 Å². The van der Waals surface area contributed by atoms with Crippen LogP contribution in [0.5, 0.6) is 5.75 Å². The lowest BCUT2D eigenvalue weighted by molar-refractivity contribution is 0.0466. The molecule has 3 aromatic rings. The number of hydrogen-bond donors (Lipinski definition) is 0. The summed E-state index contributed by atoms with van der Waals surface area (Å²) in [6, 6.07) is 15.3. The van der Waals surface area contributed by atoms with Crippen LogP contribution in [-0.2, 0) is 11.3 Å². The lowest BCUT2D eigenvalue weighted by Gasteiger charge is -2.07. The lowest BCUT2D eigenvalue weighted by Crippen LogP contribution is -2.07. The Hall–Kier alpha value is -2.95. The molecule has 4 nitrogen and oxygen atoms in total. The third kappa shape index (κ3) is 3.29. The van der Waals surface area contributed by atoms with Gasteiger partial charge < -0.3 is 9.47 Å². The molecule has 0 unspecified atom stereocenters. The van der Waals surface area contributed by atoms with E-state index in [9.17, 15) is 9.18 Å². The van der Waals surface area contributed by atoms with E-state index in [-0.39, 0.29) is 18.1 Å². The second-order valence-electron chi connectivity index (χ2n) is 4.93. The number of ether oxygens (including phenoxy) is 2. The molecule has 1 aromatic heterocycles. The number of hydrogen-bond acceptors (Lipinski definition) is 4. The van der Waals surface area contributed by atoms with Crippen molar-refractivity contribution in [3.8, 4) is 5.75 Å². The first-order valence-corrected chi connectivity index (χ1v) is 7.03. The minimum Gasteiger partial charge on any atom is -0.494 e. The van der Waals surface area contributed by atoms with E-state index >= 15 is 0 Å². The summed E-state index contributed by atoms with van der Waals surface area (Å²) in [5.41, 5.74) is 1.48. The molecule has 0 spiro atoms. The fraction of sp³-hybridized carbons (Fsp3) is 0.111. The number of para-hydroxylation sites is 1. The van der Waals surface area contributed by atoms with Crippen molar-refractivity contribution in [1.29, 1.82) is 0 Å². The molecule has 116 valence electrons. The maximum Gasteiger partial charge on any atom is 0.357 e. The number of methoxy groups -OCH3 is 1. The molecule has 0 aliphatic heterocycles. The van der Waals surface area contributed by atoms with Gasteiger partial charge in [-0.2, -0.15) is 0 Å². The fourth-order valence-corrected chi connectivity index (χ4v) is 2.20. The molecular formula is C18H14FNO3. The van der Waals surface area contributed by atoms with Crippen molar-refractivity contribution in [1.82, 2.24) is 4.98 Å². The quantitative estimate of drug-likeness (QED) is 0.689. The van der Waals surface area contributed by atoms with Gasteiger partial charge in [-0.05, 0) is 29.8 Å². The summed E-state index contributed by atoms with van der Waals surface area (Å²) in [6.45, 7) is -0.0335. The Morgan fingerprint density at radius 3 is 2.74 bits per heavy atom. The summed E-state index contributed by atoms with van der Waals surface area (Å²) < 4.78 is 23.6. The molecule has 1 heterocycles. The number of rotatable bonds is 4. The predicted molar refractivity (Wildman–Crippen MR) is 83.8 cm³/mol. The number of esters is 1. The van der Waals surface area contributed by atoms with E-state index in [1.165, 1.54) is 19.2 Å². The number of fused-ring (bicyclic) bond motifs is 1. The van der Waals surface area contributed by atoms with Gasteiger partial charge in [-0.15, -0.1) is 0 Å². The third-order valence-corrected chi connectivity index (χ3v) is 3.39. The topological polar surface area (TPSA) is 48.4 Å². The van der Waals surface area contributed by atoms with Crippen molar-refractivity contribution in [2.75, 3.05) is 7.11 Å². The Labute approximate surface area is 132 Å². The highest BCUT2D eigenvalue weighted by atomic mass is 19.1. The van der Waals surface area contributed by atoms with Gasteiger partial charge in [0, 0.05) is 5.39 Å². The highest BCUT2D eigenvalue weighted by Crippen LogP contribution is 2.18. The standard InChI is InChI=1S/C18H14FNO3/c1-22-17-9-6-12(10-14(17)19)11-23-18(21)16-8-7-13-4-2-3-5-15(13)20-16/h2-10H,11H2,1H3. The van der Waals surface area contributed by atoms with Crippen LogP contribution in [0.3, 0.4) is 0 Å². The van der Waals surface area contributed by atoms with Gasteiger partial charge in [-0.25, -0.2) is 14.2 Å². The molecule has 5 heteroatoms. The molecule has 2 aromatic carbocycles. The first-order chi connectivity index (χ1) is 11.2. The molecule has 0 saturated heterocycles. The number of carbonyl (C=O) groups is 1. The van der Waals surface area contributed by atoms with Gasteiger partial charge in [0.05, 0.1) is 12.6 Å². The molecule has 0 amide bonds. The minimum atomic E-state index is -0.549. The number of pyridine rings is 1. The average Bonchev–Trinajstić information content (AvgIpc) is 2.59. The van der Waals surface area contributed by atoms with Gasteiger partial charge in [0.25, 0.3) is 0 Å². The SMILES string of the molecule is COc1ccc(COC(=O)c2ccc3ccccc3n2)cc1F. The normalized spacial score (nSPS) is 10.5. The smallest absolute Gasteiger partial charge is 0.357 e. The lowest BCUT2D eigenvalue weighted by atomic mass is 10.2. The van der Waals surface area contributed by atoms with Crippen LogP contribution < -0.4 is 4.74 Å². The maximum absolute atomic E-state index is 13.6. The summed E-state index contributed by atoms with van der Waals surface area (Å²) in [7, 11) is 1.39. The summed E-state index contributed by atoms with van der Waals surface area (Å²) in [5, 5.41) is 0.946. The van der Waals surface area contributed by atoms with Crippen LogP contribution in [0, 0.1) is 5.82 Å². The van der Waals surface area contributed by atoms with Crippen molar-refractivity contribution < 1.29 is 18.7 Å². The van der Waals surface area contributed by atoms with Crippen LogP contribution in [0.25, 0.3) is 10.9 Å². The van der Waals surface area contributed by atoms with Crippen molar-refractivity contribution in [2.45, 2.75) is 6.61 Å². The van der Waals surface area contributed by atoms with E-state index in [0.717, 1.165) is 10.9 Å². The summed E-state index contributed by atoms with van der Waals surface area (Å²) in [4.78, 5) is 16.3. The number of aromatic nitrogens is 1. The highest BCUT2D eigenvalue weighted by molar-refractivity contribution is 5.90. The van der Waals surface area contributed by atoms with E-state index in [4.69, 9.17) is 9.47 Å². The van der Waals surface area contributed by atoms with Gasteiger partial charge in [0.2, 0.25) is 0 Å². The van der Waals surface area contributed by atoms with Crippen molar-refractivity contribution in [3.05, 3.63) is 71.7 Å². The Morgan fingerprint density at radius 1 is 1.13 bits per heavy atom. The molecule has 0 radical (unpaired) electrons. The summed E-state index contributed by atoms with van der Waals surface area (Å²) in [5.74, 6) is -0.895. The molecule has 0 aliphatic rings. The second kappa shape index (κ2) is 6.44. The maximum atomic E-state index is 13.6. The van der Waals surface area contributed by atoms with Gasteiger partial charge in [0.15, 0.2) is 11.6 Å². The molecule has 0 fully saturated rings. The van der Waals surface area contributed by atoms with E-state index < -0.39 is 11.8 Å². The first-order valence-electron chi connectivity index (χ1n) is 7.03. The van der Waals surface area contributed by atoms with E-state index in [1.54, 1.807) is 12.1 Å². The van der Waals surface area contributed by atoms with Crippen molar-refractivity contribution in [3.63, 3.8) is 0 Å². The highest BCUT2D eigenvalue weighted by Gasteiger charge is 2.11. The van der Waals surface area contributed by atoms with E-state index in [0.29, 0.717) is 5.56 Å². The Morgan fingerprint density at radius 2 is 1.96 bits per heavy atom. The van der Waals surface area contributed by atoms with Crippen molar-refractivity contribution in [2.24, 2.45) is 0 Å². The zero-order valence-electron chi connectivity index (χ0n) is 12.5. The zero-order valence-corrected chi connectivity index (χ0v) is 12.5. The second-order valence-corrected chi connectivity index (χ2v) is 4.93. The number of nitrogens with zero attached hydrogens (tertiary/aromatic N) is 1. The van der Waals surface area contributed by atoms with E-state index in [1.807, 2.05) is 30.3 Å². The number of carbonyl (C=O) groups excluding carboxylic acids is 1. The molecule has 0 saturated carbocycles. The first kappa shape index (κ1) is 15.0. The Bertz CT molecular complexity index is 864. The van der Waals surface area contributed by atoms with Gasteiger partial charge in [-0.3, -0.25) is 0 Å². The van der Waals surface area contributed by atoms with Crippen LogP contribution in [0.2, 0.25) is 0 Å². The zero-order chi connectivity index (χ0) is 16.2. The van der Waals surface area contributed by atoms with Crippen LogP contribution in [0.4, 0.5) is 4.39 Å². The fourth-order valence-electron chi connectivity index (χ4n) is 2.20. The van der Waals surface area contributed by atoms with Gasteiger partial charge in [-0.1, -0.05) is 30.3 Å². The van der Waals surface area contributed by atoms with Gasteiger partial charge >= 0.3 is 5.97 Å². The molecule has 3 rings (SSSR count). The average molecular weight is 311 g/mol. The molecule has 0 atom stereocenters. The van der Waals surface area contributed by atoms with Crippen LogP contribution in [0.15, 0.2) is 54.6 Å². The Balaban J connectivity index is 1.72. The molecule has 23 heavy (non-hydrogen) atoms.